The molecule has 3 nitrogen and oxygen atoms in total. The van der Waals surface area contributed by atoms with Gasteiger partial charge in [0.2, 0.25) is 5.91 Å². The molecule has 1 saturated heterocycles. The van der Waals surface area contributed by atoms with Gasteiger partial charge in [0, 0.05) is 32.0 Å². The number of aromatic amines is 1. The normalized spacial score (nSPS) is 18.9. The Morgan fingerprint density at radius 1 is 0.759 bits per heavy atom. The molecule has 0 radical (unpaired) electrons. The zero-order chi connectivity index (χ0) is 20.1. The molecule has 144 valence electrons. The van der Waals surface area contributed by atoms with Crippen LogP contribution in [-0.2, 0) is 4.79 Å². The van der Waals surface area contributed by atoms with Gasteiger partial charge < -0.3 is 9.88 Å². The predicted octanol–water partition coefficient (Wildman–Crippen LogP) is 7.00. The van der Waals surface area contributed by atoms with Crippen LogP contribution in [-0.4, -0.2) is 10.9 Å². The topological polar surface area (TPSA) is 36.1 Å². The van der Waals surface area contributed by atoms with Crippen LogP contribution in [0.2, 0.25) is 15.1 Å². The Morgan fingerprint density at radius 3 is 2.07 bits per heavy atom. The van der Waals surface area contributed by atoms with Crippen LogP contribution in [0.4, 0.5) is 5.69 Å². The summed E-state index contributed by atoms with van der Waals surface area (Å²) in [7, 11) is 0. The fourth-order valence-electron chi connectivity index (χ4n) is 3.97. The summed E-state index contributed by atoms with van der Waals surface area (Å²) in [5.41, 5.74) is 3.65. The molecule has 1 aliphatic rings. The highest BCUT2D eigenvalue weighted by molar-refractivity contribution is 6.31. The minimum Gasteiger partial charge on any atom is -0.357 e. The lowest BCUT2D eigenvalue weighted by Crippen LogP contribution is -2.53. The van der Waals surface area contributed by atoms with Gasteiger partial charge in [-0.15, -0.1) is 0 Å². The average Bonchev–Trinajstić information content (AvgIpc) is 3.11. The number of rotatable bonds is 3. The Labute approximate surface area is 182 Å². The number of nitrogens with zero attached hydrogens (tertiary/aromatic N) is 1. The molecule has 5 rings (SSSR count). The first-order valence-electron chi connectivity index (χ1n) is 9.13. The number of aromatic nitrogens is 1. The fourth-order valence-corrected chi connectivity index (χ4v) is 4.40. The van der Waals surface area contributed by atoms with Gasteiger partial charge in [-0.3, -0.25) is 4.79 Å². The molecule has 2 unspecified atom stereocenters. The van der Waals surface area contributed by atoms with Crippen molar-refractivity contribution in [1.82, 2.24) is 4.98 Å². The number of H-pyrrole nitrogens is 1. The number of hydrogen-bond acceptors (Lipinski definition) is 1. The minimum atomic E-state index is -0.300. The number of nitrogens with one attached hydrogen (secondary N) is 1. The van der Waals surface area contributed by atoms with Crippen LogP contribution >= 0.6 is 34.8 Å². The molecule has 0 aliphatic carbocycles. The molecule has 3 aromatic carbocycles. The highest BCUT2D eigenvalue weighted by Crippen LogP contribution is 2.49. The Kier molecular flexibility index (Phi) is 4.54. The Bertz CT molecular complexity index is 1160. The van der Waals surface area contributed by atoms with Gasteiger partial charge in [-0.25, -0.2) is 0 Å². The number of hydrogen-bond donors (Lipinski definition) is 1. The van der Waals surface area contributed by atoms with Crippen LogP contribution in [0.5, 0.6) is 0 Å². The minimum absolute atomic E-state index is 0.0383. The molecule has 2 atom stereocenters. The van der Waals surface area contributed by atoms with E-state index in [0.717, 1.165) is 27.8 Å². The van der Waals surface area contributed by atoms with Gasteiger partial charge in [-0.05, 0) is 65.5 Å². The van der Waals surface area contributed by atoms with E-state index in [0.29, 0.717) is 15.1 Å². The molecule has 1 amide bonds. The molecular weight excluding hydrogens is 427 g/mol. The van der Waals surface area contributed by atoms with Crippen LogP contribution in [0.15, 0.2) is 72.8 Å². The maximum Gasteiger partial charge on any atom is 0.237 e. The van der Waals surface area contributed by atoms with Gasteiger partial charge >= 0.3 is 0 Å². The summed E-state index contributed by atoms with van der Waals surface area (Å²) in [6.07, 6.45) is 0. The number of amides is 1. The monoisotopic (exact) mass is 440 g/mol. The summed E-state index contributed by atoms with van der Waals surface area (Å²) in [6.45, 7) is 0. The third-order valence-electron chi connectivity index (χ3n) is 5.36. The number of halogens is 3. The van der Waals surface area contributed by atoms with Crippen molar-refractivity contribution in [2.45, 2.75) is 12.0 Å². The van der Waals surface area contributed by atoms with E-state index < -0.39 is 0 Å². The largest absolute Gasteiger partial charge is 0.357 e. The van der Waals surface area contributed by atoms with E-state index in [-0.39, 0.29) is 17.9 Å². The van der Waals surface area contributed by atoms with E-state index >= 15 is 0 Å². The van der Waals surface area contributed by atoms with E-state index in [9.17, 15) is 4.79 Å². The number of β-lactam (4-membered cyclic amide) rings is 1. The Morgan fingerprint density at radius 2 is 1.38 bits per heavy atom. The smallest absolute Gasteiger partial charge is 0.237 e. The summed E-state index contributed by atoms with van der Waals surface area (Å²) in [5.74, 6) is -0.261. The Balaban J connectivity index is 1.62. The number of anilines is 1. The molecule has 1 aromatic heterocycles. The van der Waals surface area contributed by atoms with Crippen molar-refractivity contribution >= 4 is 57.3 Å². The molecule has 2 heterocycles. The summed E-state index contributed by atoms with van der Waals surface area (Å²) in [5, 5.41) is 2.99. The second kappa shape index (κ2) is 7.10. The first-order chi connectivity index (χ1) is 14.0. The van der Waals surface area contributed by atoms with Crippen molar-refractivity contribution in [2.75, 3.05) is 4.90 Å². The van der Waals surface area contributed by atoms with Crippen molar-refractivity contribution in [3.05, 3.63) is 99.1 Å². The molecule has 6 heteroatoms. The van der Waals surface area contributed by atoms with Crippen molar-refractivity contribution in [2.24, 2.45) is 0 Å². The lowest BCUT2D eigenvalue weighted by molar-refractivity contribution is -0.126. The maximum atomic E-state index is 13.2. The lowest BCUT2D eigenvalue weighted by Gasteiger charge is -2.47. The summed E-state index contributed by atoms with van der Waals surface area (Å²) < 4.78 is 0. The van der Waals surface area contributed by atoms with Crippen LogP contribution in [0.25, 0.3) is 10.9 Å². The van der Waals surface area contributed by atoms with Crippen molar-refractivity contribution in [3.63, 3.8) is 0 Å². The highest BCUT2D eigenvalue weighted by Gasteiger charge is 2.50. The number of carbonyl (C=O) groups excluding carboxylic acids is 1. The van der Waals surface area contributed by atoms with Gasteiger partial charge in [-0.1, -0.05) is 53.0 Å². The molecule has 0 bridgehead atoms. The first kappa shape index (κ1) is 18.6. The van der Waals surface area contributed by atoms with Crippen LogP contribution in [0.3, 0.4) is 0 Å². The lowest BCUT2D eigenvalue weighted by atomic mass is 9.79. The zero-order valence-electron chi connectivity index (χ0n) is 15.1. The molecule has 29 heavy (non-hydrogen) atoms. The third-order valence-corrected chi connectivity index (χ3v) is 6.09. The average molecular weight is 442 g/mol. The number of fused-ring (bicyclic) bond motifs is 1. The van der Waals surface area contributed by atoms with Crippen molar-refractivity contribution < 1.29 is 4.79 Å². The molecule has 0 saturated carbocycles. The van der Waals surface area contributed by atoms with Crippen LogP contribution < -0.4 is 4.90 Å². The van der Waals surface area contributed by atoms with E-state index in [1.165, 1.54) is 0 Å². The van der Waals surface area contributed by atoms with Gasteiger partial charge in [0.15, 0.2) is 0 Å². The van der Waals surface area contributed by atoms with Gasteiger partial charge in [0.05, 0.1) is 12.0 Å². The molecule has 1 N–H and O–H groups in total. The third kappa shape index (κ3) is 3.20. The number of carbonyl (C=O) groups is 1. The first-order valence-corrected chi connectivity index (χ1v) is 10.3. The Hall–Kier alpha value is -2.46. The highest BCUT2D eigenvalue weighted by atomic mass is 35.5. The second-order valence-electron chi connectivity index (χ2n) is 7.11. The van der Waals surface area contributed by atoms with Gasteiger partial charge in [0.25, 0.3) is 0 Å². The quantitative estimate of drug-likeness (QED) is 0.341. The zero-order valence-corrected chi connectivity index (χ0v) is 17.3. The molecule has 0 spiro atoms. The second-order valence-corrected chi connectivity index (χ2v) is 8.42. The SMILES string of the molecule is O=C1C(c2ccc(Cl)cc2)C(c2cc3ccc(Cl)cc3[nH]2)N1c1ccc(Cl)cc1. The molecular formula is C23H15Cl3N2O. The molecule has 1 fully saturated rings. The van der Waals surface area contributed by atoms with E-state index in [4.69, 9.17) is 34.8 Å². The molecule has 4 aromatic rings. The number of benzene rings is 3. The fraction of sp³-hybridized carbons (Fsp3) is 0.0870. The summed E-state index contributed by atoms with van der Waals surface area (Å²) in [6, 6.07) is 22.4. The van der Waals surface area contributed by atoms with E-state index in [1.807, 2.05) is 59.5 Å². The molecule has 1 aliphatic heterocycles. The maximum absolute atomic E-state index is 13.2. The van der Waals surface area contributed by atoms with E-state index in [2.05, 4.69) is 11.1 Å². The predicted molar refractivity (Wildman–Crippen MR) is 119 cm³/mol. The summed E-state index contributed by atoms with van der Waals surface area (Å²) in [4.78, 5) is 18.5. The van der Waals surface area contributed by atoms with E-state index in [1.54, 1.807) is 12.1 Å². The van der Waals surface area contributed by atoms with Crippen LogP contribution in [0, 0.1) is 0 Å². The van der Waals surface area contributed by atoms with Gasteiger partial charge in [-0.2, -0.15) is 0 Å². The van der Waals surface area contributed by atoms with Gasteiger partial charge in [0.1, 0.15) is 0 Å². The standard InChI is InChI=1S/C23H15Cl3N2O/c24-15-4-1-13(2-5-15)21-22(20-11-14-3-6-17(26)12-19(14)27-20)28(23(21)29)18-9-7-16(25)8-10-18/h1-12,21-22,27H. The van der Waals surface area contributed by atoms with Crippen molar-refractivity contribution in [1.29, 1.82) is 0 Å². The summed E-state index contributed by atoms with van der Waals surface area (Å²) >= 11 is 18.2. The van der Waals surface area contributed by atoms with Crippen molar-refractivity contribution in [3.8, 4) is 0 Å². The van der Waals surface area contributed by atoms with Crippen LogP contribution in [0.1, 0.15) is 23.2 Å².